The summed E-state index contributed by atoms with van der Waals surface area (Å²) >= 11 is 0. The maximum atomic E-state index is 13.8. The predicted octanol–water partition coefficient (Wildman–Crippen LogP) is 1.70. The Kier molecular flexibility index (Phi) is 3.74. The van der Waals surface area contributed by atoms with Gasteiger partial charge in [0.1, 0.15) is 0 Å². The van der Waals surface area contributed by atoms with E-state index in [1.807, 2.05) is 0 Å². The lowest BCUT2D eigenvalue weighted by Crippen LogP contribution is -2.32. The van der Waals surface area contributed by atoms with Crippen molar-refractivity contribution in [2.24, 2.45) is 0 Å². The van der Waals surface area contributed by atoms with Crippen LogP contribution in [0.3, 0.4) is 0 Å². The van der Waals surface area contributed by atoms with Crippen molar-refractivity contribution >= 4 is 5.78 Å². The first-order valence-electron chi connectivity index (χ1n) is 5.80. The van der Waals surface area contributed by atoms with Crippen molar-refractivity contribution in [1.29, 1.82) is 0 Å². The van der Waals surface area contributed by atoms with Gasteiger partial charge in [0.25, 0.3) is 0 Å². The van der Waals surface area contributed by atoms with Crippen LogP contribution in [0.5, 0.6) is 5.75 Å². The van der Waals surface area contributed by atoms with E-state index in [-0.39, 0.29) is 24.0 Å². The molecule has 1 aliphatic rings. The van der Waals surface area contributed by atoms with Gasteiger partial charge >= 0.3 is 0 Å². The molecule has 0 radical (unpaired) electrons. The summed E-state index contributed by atoms with van der Waals surface area (Å²) in [6.45, 7) is 0.872. The number of hydrogen-bond donors (Lipinski definition) is 1. The molecular formula is C13H16FNO2. The second-order valence-electron chi connectivity index (χ2n) is 4.23. The fourth-order valence-corrected chi connectivity index (χ4v) is 2.12. The highest BCUT2D eigenvalue weighted by Gasteiger charge is 2.23. The summed E-state index contributed by atoms with van der Waals surface area (Å²) in [4.78, 5) is 11.9. The number of benzene rings is 1. The first-order chi connectivity index (χ1) is 8.22. The van der Waals surface area contributed by atoms with Crippen molar-refractivity contribution in [2.45, 2.75) is 25.3 Å². The number of carbonyl (C=O) groups is 1. The lowest BCUT2D eigenvalue weighted by atomic mass is 10.0. The smallest absolute Gasteiger partial charge is 0.168 e. The van der Waals surface area contributed by atoms with E-state index < -0.39 is 5.82 Å². The minimum atomic E-state index is -0.429. The minimum Gasteiger partial charge on any atom is -0.494 e. The van der Waals surface area contributed by atoms with E-state index in [9.17, 15) is 9.18 Å². The highest BCUT2D eigenvalue weighted by atomic mass is 19.1. The number of hydrogen-bond acceptors (Lipinski definition) is 3. The lowest BCUT2D eigenvalue weighted by Gasteiger charge is -2.10. The van der Waals surface area contributed by atoms with Crippen molar-refractivity contribution in [1.82, 2.24) is 5.32 Å². The molecule has 2 rings (SSSR count). The molecule has 0 spiro atoms. The molecule has 1 atom stereocenters. The van der Waals surface area contributed by atoms with Crippen molar-refractivity contribution in [3.8, 4) is 5.75 Å². The van der Waals surface area contributed by atoms with Gasteiger partial charge in [-0.2, -0.15) is 0 Å². The maximum Gasteiger partial charge on any atom is 0.168 e. The van der Waals surface area contributed by atoms with Gasteiger partial charge in [-0.3, -0.25) is 4.79 Å². The molecule has 17 heavy (non-hydrogen) atoms. The van der Waals surface area contributed by atoms with E-state index >= 15 is 0 Å². The van der Waals surface area contributed by atoms with Crippen LogP contribution in [0.25, 0.3) is 0 Å². The number of ether oxygens (including phenoxy) is 1. The maximum absolute atomic E-state index is 13.8. The summed E-state index contributed by atoms with van der Waals surface area (Å²) in [6.07, 6.45) is 1.99. The van der Waals surface area contributed by atoms with E-state index in [0.717, 1.165) is 19.4 Å². The number of nitrogens with one attached hydrogen (secondary N) is 1. The Labute approximate surface area is 100.0 Å². The van der Waals surface area contributed by atoms with Crippen LogP contribution < -0.4 is 10.1 Å². The van der Waals surface area contributed by atoms with Gasteiger partial charge < -0.3 is 10.1 Å². The highest BCUT2D eigenvalue weighted by molar-refractivity contribution is 5.86. The monoisotopic (exact) mass is 237 g/mol. The zero-order valence-electron chi connectivity index (χ0n) is 9.83. The molecule has 0 aromatic heterocycles. The molecule has 3 nitrogen and oxygen atoms in total. The van der Waals surface area contributed by atoms with Gasteiger partial charge in [0, 0.05) is 6.42 Å². The number of carbonyl (C=O) groups excluding carboxylic acids is 1. The molecule has 1 aromatic rings. The summed E-state index contributed by atoms with van der Waals surface area (Å²) in [5, 5.41) is 3.12. The lowest BCUT2D eigenvalue weighted by molar-refractivity contribution is -0.120. The molecule has 1 saturated heterocycles. The second kappa shape index (κ2) is 5.27. The van der Waals surface area contributed by atoms with Crippen LogP contribution in [-0.4, -0.2) is 25.5 Å². The first-order valence-corrected chi connectivity index (χ1v) is 5.80. The van der Waals surface area contributed by atoms with Crippen molar-refractivity contribution in [2.75, 3.05) is 13.7 Å². The number of rotatable bonds is 4. The third-order valence-corrected chi connectivity index (χ3v) is 3.08. The first kappa shape index (κ1) is 12.0. The van der Waals surface area contributed by atoms with E-state index in [4.69, 9.17) is 4.74 Å². The normalized spacial score (nSPS) is 19.3. The predicted molar refractivity (Wildman–Crippen MR) is 62.7 cm³/mol. The quantitative estimate of drug-likeness (QED) is 0.866. The van der Waals surface area contributed by atoms with E-state index in [0.29, 0.717) is 5.56 Å². The molecule has 1 heterocycles. The standard InChI is InChI=1S/C13H16FNO2/c1-17-12-6-2-4-9(13(12)14)8-11(16)10-5-3-7-15-10/h2,4,6,10,15H,3,5,7-8H2,1H3. The summed E-state index contributed by atoms with van der Waals surface area (Å²) < 4.78 is 18.7. The number of Topliss-reactive ketones (excluding diaryl/α,β-unsaturated/α-hetero) is 1. The van der Waals surface area contributed by atoms with Crippen molar-refractivity contribution in [3.05, 3.63) is 29.6 Å². The fourth-order valence-electron chi connectivity index (χ4n) is 2.12. The molecule has 1 N–H and O–H groups in total. The number of ketones is 1. The largest absolute Gasteiger partial charge is 0.494 e. The average molecular weight is 237 g/mol. The van der Waals surface area contributed by atoms with E-state index in [2.05, 4.69) is 5.32 Å². The van der Waals surface area contributed by atoms with Crippen molar-refractivity contribution in [3.63, 3.8) is 0 Å². The summed E-state index contributed by atoms with van der Waals surface area (Å²) in [6, 6.07) is 4.77. The molecule has 0 bridgehead atoms. The van der Waals surface area contributed by atoms with Gasteiger partial charge in [-0.05, 0) is 31.0 Å². The topological polar surface area (TPSA) is 38.3 Å². The summed E-state index contributed by atoms with van der Waals surface area (Å²) in [7, 11) is 1.42. The van der Waals surface area contributed by atoms with Crippen LogP contribution in [0.1, 0.15) is 18.4 Å². The Bertz CT molecular complexity index is 414. The van der Waals surface area contributed by atoms with Crippen molar-refractivity contribution < 1.29 is 13.9 Å². The molecule has 1 aromatic carbocycles. The Balaban J connectivity index is 2.10. The zero-order chi connectivity index (χ0) is 12.3. The van der Waals surface area contributed by atoms with Gasteiger partial charge in [0.05, 0.1) is 13.2 Å². The molecule has 1 aliphatic heterocycles. The van der Waals surface area contributed by atoms with E-state index in [1.54, 1.807) is 18.2 Å². The molecule has 1 fully saturated rings. The van der Waals surface area contributed by atoms with Gasteiger partial charge in [0.2, 0.25) is 0 Å². The van der Waals surface area contributed by atoms with Gasteiger partial charge in [-0.1, -0.05) is 12.1 Å². The van der Waals surface area contributed by atoms with Crippen LogP contribution in [0.2, 0.25) is 0 Å². The minimum absolute atomic E-state index is 0.0506. The van der Waals surface area contributed by atoms with Gasteiger partial charge in [-0.15, -0.1) is 0 Å². The van der Waals surface area contributed by atoms with Crippen LogP contribution in [0.15, 0.2) is 18.2 Å². The molecule has 0 amide bonds. The Hall–Kier alpha value is -1.42. The van der Waals surface area contributed by atoms with Crippen LogP contribution in [-0.2, 0) is 11.2 Å². The summed E-state index contributed by atoms with van der Waals surface area (Å²) in [5.74, 6) is -0.189. The van der Waals surface area contributed by atoms with E-state index in [1.165, 1.54) is 7.11 Å². The van der Waals surface area contributed by atoms with Gasteiger partial charge in [0.15, 0.2) is 17.3 Å². The molecule has 1 unspecified atom stereocenters. The van der Waals surface area contributed by atoms with Crippen LogP contribution in [0, 0.1) is 5.82 Å². The highest BCUT2D eigenvalue weighted by Crippen LogP contribution is 2.21. The number of halogens is 1. The fraction of sp³-hybridized carbons (Fsp3) is 0.462. The second-order valence-corrected chi connectivity index (χ2v) is 4.23. The van der Waals surface area contributed by atoms with Gasteiger partial charge in [-0.25, -0.2) is 4.39 Å². The molecule has 4 heteroatoms. The van der Waals surface area contributed by atoms with Crippen LogP contribution in [0.4, 0.5) is 4.39 Å². The Morgan fingerprint density at radius 1 is 1.59 bits per heavy atom. The number of methoxy groups -OCH3 is 1. The Morgan fingerprint density at radius 3 is 3.06 bits per heavy atom. The molecule has 0 aliphatic carbocycles. The van der Waals surface area contributed by atoms with Crippen LogP contribution >= 0.6 is 0 Å². The Morgan fingerprint density at radius 2 is 2.41 bits per heavy atom. The summed E-state index contributed by atoms with van der Waals surface area (Å²) in [5.41, 5.74) is 0.406. The zero-order valence-corrected chi connectivity index (χ0v) is 9.83. The SMILES string of the molecule is COc1cccc(CC(=O)C2CCCN2)c1F. The third kappa shape index (κ3) is 2.64. The molecular weight excluding hydrogens is 221 g/mol. The molecule has 0 saturated carbocycles. The average Bonchev–Trinajstić information content (AvgIpc) is 2.85. The third-order valence-electron chi connectivity index (χ3n) is 3.08. The molecule has 92 valence electrons.